The number of fused-ring (bicyclic) bond motifs is 1. The van der Waals surface area contributed by atoms with Crippen LogP contribution < -0.4 is 9.64 Å². The van der Waals surface area contributed by atoms with Gasteiger partial charge in [-0.15, -0.1) is 0 Å². The zero-order valence-corrected chi connectivity index (χ0v) is 13.7. The number of benzene rings is 2. The van der Waals surface area contributed by atoms with Crippen molar-refractivity contribution in [2.45, 2.75) is 19.4 Å². The van der Waals surface area contributed by atoms with Crippen molar-refractivity contribution in [1.82, 2.24) is 0 Å². The zero-order valence-electron chi connectivity index (χ0n) is 13.7. The van der Waals surface area contributed by atoms with E-state index in [-0.39, 0.29) is 5.91 Å². The lowest BCUT2D eigenvalue weighted by atomic mass is 10.2. The number of anilines is 1. The van der Waals surface area contributed by atoms with Gasteiger partial charge in [0.05, 0.1) is 7.11 Å². The van der Waals surface area contributed by atoms with Crippen molar-refractivity contribution in [2.75, 3.05) is 18.6 Å². The predicted octanol–water partition coefficient (Wildman–Crippen LogP) is 2.83. The van der Waals surface area contributed by atoms with Gasteiger partial charge in [-0.05, 0) is 37.1 Å². The summed E-state index contributed by atoms with van der Waals surface area (Å²) >= 11 is 0. The van der Waals surface area contributed by atoms with Gasteiger partial charge in [-0.25, -0.2) is 4.79 Å². The van der Waals surface area contributed by atoms with Crippen molar-refractivity contribution in [2.24, 2.45) is 0 Å². The van der Waals surface area contributed by atoms with E-state index in [2.05, 4.69) is 0 Å². The van der Waals surface area contributed by atoms with E-state index in [0.717, 1.165) is 17.7 Å². The molecule has 3 rings (SSSR count). The molecule has 0 saturated heterocycles. The molecule has 0 unspecified atom stereocenters. The first-order valence-corrected chi connectivity index (χ1v) is 7.85. The van der Waals surface area contributed by atoms with E-state index in [1.165, 1.54) is 7.11 Å². The SMILES string of the molecule is COc1ccccc1C(=O)O[C@H](C)C(=O)N1CCc2ccccc21. The van der Waals surface area contributed by atoms with E-state index in [4.69, 9.17) is 9.47 Å². The fraction of sp³-hybridized carbons (Fsp3) is 0.263. The zero-order chi connectivity index (χ0) is 17.1. The molecular formula is C19H19NO4. The lowest BCUT2D eigenvalue weighted by molar-refractivity contribution is -0.126. The highest BCUT2D eigenvalue weighted by molar-refractivity contribution is 6.00. The van der Waals surface area contributed by atoms with Crippen molar-refractivity contribution >= 4 is 17.6 Å². The van der Waals surface area contributed by atoms with Gasteiger partial charge >= 0.3 is 5.97 Å². The van der Waals surface area contributed by atoms with Crippen molar-refractivity contribution in [3.63, 3.8) is 0 Å². The number of methoxy groups -OCH3 is 1. The Kier molecular flexibility index (Phi) is 4.51. The average Bonchev–Trinajstić information content (AvgIpc) is 3.04. The highest BCUT2D eigenvalue weighted by Crippen LogP contribution is 2.28. The van der Waals surface area contributed by atoms with Crippen LogP contribution in [0.3, 0.4) is 0 Å². The standard InChI is InChI=1S/C19H19NO4/c1-13(24-19(22)15-8-4-6-10-17(15)23-2)18(21)20-12-11-14-7-3-5-9-16(14)20/h3-10,13H,11-12H2,1-2H3/t13-/m1/s1. The molecule has 0 fully saturated rings. The summed E-state index contributed by atoms with van der Waals surface area (Å²) in [6.07, 6.45) is -0.0525. The summed E-state index contributed by atoms with van der Waals surface area (Å²) < 4.78 is 10.5. The molecule has 0 spiro atoms. The smallest absolute Gasteiger partial charge is 0.342 e. The van der Waals surface area contributed by atoms with E-state index in [0.29, 0.717) is 17.9 Å². The predicted molar refractivity (Wildman–Crippen MR) is 90.4 cm³/mol. The maximum Gasteiger partial charge on any atom is 0.342 e. The summed E-state index contributed by atoms with van der Waals surface area (Å²) in [5.74, 6) is -0.363. The number of esters is 1. The van der Waals surface area contributed by atoms with Crippen LogP contribution in [0.25, 0.3) is 0 Å². The van der Waals surface area contributed by atoms with Crippen LogP contribution in [0.2, 0.25) is 0 Å². The molecule has 2 aromatic carbocycles. The van der Waals surface area contributed by atoms with Gasteiger partial charge in [0.25, 0.3) is 5.91 Å². The monoisotopic (exact) mass is 325 g/mol. The quantitative estimate of drug-likeness (QED) is 0.811. The summed E-state index contributed by atoms with van der Waals surface area (Å²) in [7, 11) is 1.49. The number of para-hydroxylation sites is 2. The summed E-state index contributed by atoms with van der Waals surface area (Å²) in [6.45, 7) is 2.20. The number of ether oxygens (including phenoxy) is 2. The Hall–Kier alpha value is -2.82. The van der Waals surface area contributed by atoms with Crippen molar-refractivity contribution in [3.05, 3.63) is 59.7 Å². The van der Waals surface area contributed by atoms with Crippen molar-refractivity contribution in [1.29, 1.82) is 0 Å². The second-order valence-corrected chi connectivity index (χ2v) is 5.62. The Morgan fingerprint density at radius 2 is 1.79 bits per heavy atom. The largest absolute Gasteiger partial charge is 0.496 e. The summed E-state index contributed by atoms with van der Waals surface area (Å²) in [5.41, 5.74) is 2.33. The minimum atomic E-state index is -0.867. The first-order valence-electron chi connectivity index (χ1n) is 7.85. The molecule has 2 aromatic rings. The topological polar surface area (TPSA) is 55.8 Å². The van der Waals surface area contributed by atoms with Gasteiger partial charge in [0.15, 0.2) is 6.10 Å². The van der Waals surface area contributed by atoms with Crippen LogP contribution >= 0.6 is 0 Å². The Morgan fingerprint density at radius 1 is 1.08 bits per heavy atom. The number of rotatable bonds is 4. The van der Waals surface area contributed by atoms with Gasteiger partial charge in [-0.3, -0.25) is 4.79 Å². The Morgan fingerprint density at radius 3 is 2.58 bits per heavy atom. The first kappa shape index (κ1) is 16.1. The molecule has 24 heavy (non-hydrogen) atoms. The number of carbonyl (C=O) groups excluding carboxylic acids is 2. The van der Waals surface area contributed by atoms with Crippen LogP contribution in [-0.4, -0.2) is 31.6 Å². The summed E-state index contributed by atoms with van der Waals surface area (Å²) in [6, 6.07) is 14.6. The number of hydrogen-bond donors (Lipinski definition) is 0. The fourth-order valence-corrected chi connectivity index (χ4v) is 2.87. The van der Waals surface area contributed by atoms with E-state index in [1.807, 2.05) is 24.3 Å². The van der Waals surface area contributed by atoms with Crippen molar-refractivity contribution in [3.8, 4) is 5.75 Å². The second kappa shape index (κ2) is 6.74. The van der Waals surface area contributed by atoms with Crippen LogP contribution in [0.15, 0.2) is 48.5 Å². The minimum Gasteiger partial charge on any atom is -0.496 e. The van der Waals surface area contributed by atoms with Crippen LogP contribution in [0.5, 0.6) is 5.75 Å². The van der Waals surface area contributed by atoms with E-state index in [1.54, 1.807) is 36.1 Å². The third-order valence-corrected chi connectivity index (χ3v) is 4.11. The van der Waals surface area contributed by atoms with Crippen LogP contribution in [0, 0.1) is 0 Å². The number of carbonyl (C=O) groups is 2. The molecule has 124 valence electrons. The van der Waals surface area contributed by atoms with Gasteiger partial charge in [-0.1, -0.05) is 30.3 Å². The molecule has 0 N–H and O–H groups in total. The van der Waals surface area contributed by atoms with Crippen LogP contribution in [-0.2, 0) is 16.0 Å². The molecule has 0 radical (unpaired) electrons. The fourth-order valence-electron chi connectivity index (χ4n) is 2.87. The molecule has 0 aromatic heterocycles. The summed E-state index contributed by atoms with van der Waals surface area (Å²) in [4.78, 5) is 26.6. The second-order valence-electron chi connectivity index (χ2n) is 5.62. The van der Waals surface area contributed by atoms with Gasteiger partial charge < -0.3 is 14.4 Å². The lowest BCUT2D eigenvalue weighted by Crippen LogP contribution is -2.39. The molecule has 1 atom stereocenters. The summed E-state index contributed by atoms with van der Waals surface area (Å²) in [5, 5.41) is 0. The Bertz CT molecular complexity index is 771. The van der Waals surface area contributed by atoms with Gasteiger partial charge in [0.2, 0.25) is 0 Å². The molecule has 5 nitrogen and oxygen atoms in total. The van der Waals surface area contributed by atoms with Gasteiger partial charge in [0, 0.05) is 12.2 Å². The molecule has 5 heteroatoms. The molecule has 1 aliphatic heterocycles. The highest BCUT2D eigenvalue weighted by atomic mass is 16.5. The van der Waals surface area contributed by atoms with E-state index in [9.17, 15) is 9.59 Å². The van der Waals surface area contributed by atoms with Gasteiger partial charge in [-0.2, -0.15) is 0 Å². The average molecular weight is 325 g/mol. The molecule has 1 amide bonds. The maximum absolute atomic E-state index is 12.6. The number of hydrogen-bond acceptors (Lipinski definition) is 4. The molecule has 0 bridgehead atoms. The Balaban J connectivity index is 1.72. The van der Waals surface area contributed by atoms with E-state index >= 15 is 0 Å². The normalized spacial score (nSPS) is 14.0. The minimum absolute atomic E-state index is 0.219. The van der Waals surface area contributed by atoms with E-state index < -0.39 is 12.1 Å². The first-order chi connectivity index (χ1) is 11.6. The lowest BCUT2D eigenvalue weighted by Gasteiger charge is -2.22. The molecule has 0 saturated carbocycles. The van der Waals surface area contributed by atoms with Crippen LogP contribution in [0.1, 0.15) is 22.8 Å². The van der Waals surface area contributed by atoms with Crippen LogP contribution in [0.4, 0.5) is 5.69 Å². The number of amides is 1. The number of nitrogens with zero attached hydrogens (tertiary/aromatic N) is 1. The van der Waals surface area contributed by atoms with Gasteiger partial charge in [0.1, 0.15) is 11.3 Å². The molecule has 0 aliphatic carbocycles. The highest BCUT2D eigenvalue weighted by Gasteiger charge is 2.30. The van der Waals surface area contributed by atoms with Crippen molar-refractivity contribution < 1.29 is 19.1 Å². The molecule has 1 heterocycles. The third-order valence-electron chi connectivity index (χ3n) is 4.11. The molecular weight excluding hydrogens is 306 g/mol. The maximum atomic E-state index is 12.6. The third kappa shape index (κ3) is 2.97. The molecule has 1 aliphatic rings. The Labute approximate surface area is 140 Å².